The molecule has 7 amide bonds. The molecular formula is C71H100ClN7O20. The van der Waals surface area contributed by atoms with Crippen LogP contribution in [0.25, 0.3) is 0 Å². The maximum absolute atomic E-state index is 14.0. The summed E-state index contributed by atoms with van der Waals surface area (Å²) in [6.45, 7) is 15.1. The van der Waals surface area contributed by atoms with E-state index < -0.39 is 101 Å². The highest BCUT2D eigenvalue weighted by Gasteiger charge is 2.48. The zero-order valence-electron chi connectivity index (χ0n) is 58.2. The van der Waals surface area contributed by atoms with Crippen molar-refractivity contribution in [2.24, 2.45) is 23.2 Å². The predicted octanol–water partition coefficient (Wildman–Crippen LogP) is 6.74. The Morgan fingerprint density at radius 3 is 2.05 bits per heavy atom. The highest BCUT2D eigenvalue weighted by Crippen LogP contribution is 2.45. The van der Waals surface area contributed by atoms with Crippen LogP contribution in [-0.2, 0) is 101 Å². The quantitative estimate of drug-likeness (QED) is 0.0127. The van der Waals surface area contributed by atoms with Crippen molar-refractivity contribution in [1.29, 1.82) is 0 Å². The van der Waals surface area contributed by atoms with Crippen LogP contribution in [-0.4, -0.2) is 175 Å². The Bertz CT molecular complexity index is 3150. The van der Waals surface area contributed by atoms with E-state index in [1.807, 2.05) is 45.0 Å². The van der Waals surface area contributed by atoms with Crippen LogP contribution in [0.5, 0.6) is 5.75 Å². The Hall–Kier alpha value is -8.21. The Balaban J connectivity index is 1.13. The number of halogens is 1. The van der Waals surface area contributed by atoms with Crippen molar-refractivity contribution < 1.29 is 95.7 Å². The highest BCUT2D eigenvalue weighted by molar-refractivity contribution is 6.32. The van der Waals surface area contributed by atoms with E-state index in [2.05, 4.69) is 37.2 Å². The molecule has 2 aliphatic rings. The molecule has 1 saturated heterocycles. The number of aliphatic carboxylic acids is 1. The van der Waals surface area contributed by atoms with Crippen molar-refractivity contribution in [1.82, 2.24) is 31.9 Å². The minimum Gasteiger partial charge on any atom is -0.495 e. The summed E-state index contributed by atoms with van der Waals surface area (Å²) >= 11 is 6.40. The zero-order valence-corrected chi connectivity index (χ0v) is 59.0. The van der Waals surface area contributed by atoms with Gasteiger partial charge in [0.2, 0.25) is 35.4 Å². The molecule has 0 saturated carbocycles. The van der Waals surface area contributed by atoms with Crippen molar-refractivity contribution in [3.05, 3.63) is 106 Å². The largest absolute Gasteiger partial charge is 0.495 e. The molecule has 28 heteroatoms. The molecule has 99 heavy (non-hydrogen) atoms. The number of carboxylic acids is 1. The number of rotatable bonds is 39. The standard InChI is InChI=1S/C71H100ClN7O20/c1-44(2)38-57-68(88)97-55(15-12-16-59(81)77-54(40-49-23-28-56(92-9)52(72)39-49)65(85)75-43-71(6,7)69(89)98-57)46(5)63-64(99-63)50-24-19-47(20-25-50)41-74-70(90)96-42-48-21-26-51(27-22-48)76-66(86)53(78-67(87)62(45(3)4)79-60(82)17-13-18-61(83)84)14-10-11-30-73-58(80)29-31-93-34-35-95-37-36-94-33-32-91-8/h12,16,19-28,39,44-46,53-55,57,62-64H,10-11,13-15,17-18,29-38,40-43H2,1-9H3,(H,73,80)(H,74,90)(H,75,85)(H,76,86)(H,77,81)(H,78,87)(H,79,82)(H,83,84)/b16-12+/t46?,53-,54?,55?,57-,62-,63+,64+/m0/s1. The number of carboxylic acid groups (broad SMARTS) is 1. The number of carbonyl (C=O) groups excluding carboxylic acids is 9. The normalized spacial score (nSPS) is 19.2. The molecule has 2 aliphatic heterocycles. The van der Waals surface area contributed by atoms with E-state index in [1.54, 1.807) is 83.3 Å². The van der Waals surface area contributed by atoms with E-state index in [1.165, 1.54) is 13.2 Å². The third-order valence-electron chi connectivity index (χ3n) is 16.2. The third kappa shape index (κ3) is 30.0. The van der Waals surface area contributed by atoms with Crippen LogP contribution in [0, 0.1) is 23.2 Å². The molecule has 5 rings (SSSR count). The Morgan fingerprint density at radius 2 is 1.40 bits per heavy atom. The summed E-state index contributed by atoms with van der Waals surface area (Å²) in [4.78, 5) is 132. The summed E-state index contributed by atoms with van der Waals surface area (Å²) in [7, 11) is 3.08. The van der Waals surface area contributed by atoms with Gasteiger partial charge in [-0.1, -0.05) is 94.8 Å². The molecule has 1 fully saturated rings. The van der Waals surface area contributed by atoms with Crippen molar-refractivity contribution in [2.45, 2.75) is 168 Å². The van der Waals surface area contributed by atoms with Crippen molar-refractivity contribution in [2.75, 3.05) is 78.9 Å². The predicted molar refractivity (Wildman–Crippen MR) is 365 cm³/mol. The summed E-state index contributed by atoms with van der Waals surface area (Å²) in [6.07, 6.45) is 0.498. The van der Waals surface area contributed by atoms with E-state index in [0.717, 1.165) is 11.1 Å². The summed E-state index contributed by atoms with van der Waals surface area (Å²) in [5.74, 6) is -5.98. The molecular weight excluding hydrogens is 1310 g/mol. The average molecular weight is 1410 g/mol. The molecule has 8 N–H and O–H groups in total. The lowest BCUT2D eigenvalue weighted by Crippen LogP contribution is -2.54. The highest BCUT2D eigenvalue weighted by atomic mass is 35.5. The van der Waals surface area contributed by atoms with Gasteiger partial charge in [-0.05, 0) is 110 Å². The third-order valence-corrected chi connectivity index (χ3v) is 16.5. The lowest BCUT2D eigenvalue weighted by molar-refractivity contribution is -0.179. The first-order chi connectivity index (χ1) is 47.3. The molecule has 8 atom stereocenters. The van der Waals surface area contributed by atoms with Crippen LogP contribution >= 0.6 is 11.6 Å². The Kier molecular flexibility index (Phi) is 35.1. The zero-order chi connectivity index (χ0) is 72.4. The van der Waals surface area contributed by atoms with Crippen LogP contribution < -0.4 is 42.0 Å². The van der Waals surface area contributed by atoms with E-state index >= 15 is 0 Å². The number of esters is 2. The topological polar surface area (TPSA) is 362 Å². The minimum atomic E-state index is -1.29. The molecule has 27 nitrogen and oxygen atoms in total. The van der Waals surface area contributed by atoms with Crippen LogP contribution in [0.2, 0.25) is 5.02 Å². The fourth-order valence-electron chi connectivity index (χ4n) is 10.3. The van der Waals surface area contributed by atoms with Crippen molar-refractivity contribution in [3.8, 4) is 5.75 Å². The summed E-state index contributed by atoms with van der Waals surface area (Å²) < 4.78 is 50.2. The minimum absolute atomic E-state index is 0.0625. The van der Waals surface area contributed by atoms with E-state index in [-0.39, 0.29) is 102 Å². The fourth-order valence-corrected chi connectivity index (χ4v) is 10.6. The molecule has 2 heterocycles. The number of hydrogen-bond acceptors (Lipinski definition) is 19. The van der Waals surface area contributed by atoms with Crippen LogP contribution in [0.3, 0.4) is 0 Å². The van der Waals surface area contributed by atoms with Gasteiger partial charge >= 0.3 is 24.0 Å². The van der Waals surface area contributed by atoms with Crippen LogP contribution in [0.1, 0.15) is 135 Å². The maximum atomic E-state index is 14.0. The molecule has 0 spiro atoms. The van der Waals surface area contributed by atoms with E-state index in [0.29, 0.717) is 86.6 Å². The summed E-state index contributed by atoms with van der Waals surface area (Å²) in [5, 5.41) is 28.7. The van der Waals surface area contributed by atoms with E-state index in [9.17, 15) is 47.9 Å². The fraction of sp³-hybridized carbons (Fsp3) is 0.577. The van der Waals surface area contributed by atoms with Crippen molar-refractivity contribution in [3.63, 3.8) is 0 Å². The summed E-state index contributed by atoms with van der Waals surface area (Å²) in [5.41, 5.74) is 1.91. The second-order valence-electron chi connectivity index (χ2n) is 25.7. The van der Waals surface area contributed by atoms with Gasteiger partial charge in [-0.25, -0.2) is 9.59 Å². The molecule has 0 aliphatic carbocycles. The van der Waals surface area contributed by atoms with Gasteiger partial charge in [0.05, 0.1) is 69.9 Å². The Labute approximate surface area is 584 Å². The molecule has 3 unspecified atom stereocenters. The van der Waals surface area contributed by atoms with Gasteiger partial charge < -0.3 is 85.0 Å². The molecule has 0 bridgehead atoms. The van der Waals surface area contributed by atoms with Crippen molar-refractivity contribution >= 4 is 76.7 Å². The molecule has 3 aromatic rings. The smallest absolute Gasteiger partial charge is 0.407 e. The maximum Gasteiger partial charge on any atom is 0.407 e. The number of cyclic esters (lactones) is 2. The van der Waals surface area contributed by atoms with Gasteiger partial charge in [0.1, 0.15) is 42.7 Å². The first-order valence-electron chi connectivity index (χ1n) is 33.6. The van der Waals surface area contributed by atoms with E-state index in [4.69, 9.17) is 59.3 Å². The van der Waals surface area contributed by atoms with Gasteiger partial charge in [0.15, 0.2) is 6.10 Å². The average Bonchev–Trinajstić information content (AvgIpc) is 1.63. The van der Waals surface area contributed by atoms with Gasteiger partial charge in [-0.2, -0.15) is 0 Å². The number of anilines is 1. The number of methoxy groups -OCH3 is 2. The number of nitrogens with one attached hydrogen (secondary N) is 7. The van der Waals surface area contributed by atoms with Gasteiger partial charge in [-0.3, -0.25) is 38.4 Å². The second-order valence-corrected chi connectivity index (χ2v) is 26.1. The number of unbranched alkanes of at least 4 members (excludes halogenated alkanes) is 1. The van der Waals surface area contributed by atoms with Gasteiger partial charge in [0.25, 0.3) is 0 Å². The monoisotopic (exact) mass is 1410 g/mol. The van der Waals surface area contributed by atoms with Crippen LogP contribution in [0.15, 0.2) is 78.9 Å². The van der Waals surface area contributed by atoms with Crippen LogP contribution in [0.4, 0.5) is 10.5 Å². The number of carbonyl (C=O) groups is 10. The molecule has 0 aromatic heterocycles. The first-order valence-corrected chi connectivity index (χ1v) is 34.0. The second kappa shape index (κ2) is 42.7. The summed E-state index contributed by atoms with van der Waals surface area (Å²) in [6, 6.07) is 15.8. The lowest BCUT2D eigenvalue weighted by Gasteiger charge is -2.29. The molecule has 3 aromatic carbocycles. The molecule has 0 radical (unpaired) electrons. The lowest BCUT2D eigenvalue weighted by atomic mass is 9.92. The number of alkyl carbamates (subject to hydrolysis) is 1. The number of amides is 7. The molecule has 546 valence electrons. The number of epoxide rings is 1. The van der Waals surface area contributed by atoms with Gasteiger partial charge in [0, 0.05) is 70.5 Å². The first kappa shape index (κ1) is 81.5. The number of ether oxygens (including phenoxy) is 9. The SMILES string of the molecule is COCCOCCOCCOCCC(=O)NCCCC[C@H](NC(=O)[C@@H](NC(=O)CCCC(=O)O)C(C)C)C(=O)Nc1ccc(COC(=O)NCc2ccc([C@H]3O[C@@H]3C(C)C3C/C=C/C(=O)NC(Cc4ccc(OC)c(Cl)c4)C(=O)NCC(C)(C)C(=O)O[C@@H](CC(C)C)C(=O)O3)cc2)cc1. The Morgan fingerprint density at radius 1 is 0.737 bits per heavy atom. The number of benzene rings is 3. The van der Waals surface area contributed by atoms with Gasteiger partial charge in [-0.15, -0.1) is 0 Å². The number of hydrogen-bond donors (Lipinski definition) is 8.